The smallest absolute Gasteiger partial charge is 0.255 e. The average molecular weight is 331 g/mol. The number of para-hydroxylation sites is 1. The Bertz CT molecular complexity index is 561. The second kappa shape index (κ2) is 8.83. The minimum absolute atomic E-state index is 0.00403. The molecular formula is C19H29N3O2. The van der Waals surface area contributed by atoms with Crippen LogP contribution in [-0.2, 0) is 4.79 Å². The first-order chi connectivity index (χ1) is 11.5. The van der Waals surface area contributed by atoms with Crippen molar-refractivity contribution < 1.29 is 9.59 Å². The van der Waals surface area contributed by atoms with Crippen LogP contribution in [0.25, 0.3) is 0 Å². The van der Waals surface area contributed by atoms with Crippen LogP contribution in [0.4, 0.5) is 5.69 Å². The van der Waals surface area contributed by atoms with Crippen molar-refractivity contribution in [1.82, 2.24) is 9.80 Å². The molecule has 1 aliphatic heterocycles. The van der Waals surface area contributed by atoms with Gasteiger partial charge in [-0.2, -0.15) is 0 Å². The van der Waals surface area contributed by atoms with Crippen LogP contribution in [0.5, 0.6) is 0 Å². The molecule has 0 atom stereocenters. The fourth-order valence-electron chi connectivity index (χ4n) is 3.19. The van der Waals surface area contributed by atoms with Gasteiger partial charge in [0.2, 0.25) is 5.91 Å². The molecule has 1 saturated heterocycles. The molecule has 0 bridgehead atoms. The Labute approximate surface area is 145 Å². The number of anilines is 1. The van der Waals surface area contributed by atoms with Crippen molar-refractivity contribution >= 4 is 17.5 Å². The van der Waals surface area contributed by atoms with Crippen LogP contribution < -0.4 is 5.32 Å². The fourth-order valence-corrected chi connectivity index (χ4v) is 3.19. The van der Waals surface area contributed by atoms with Crippen LogP contribution in [0.2, 0.25) is 0 Å². The van der Waals surface area contributed by atoms with E-state index in [4.69, 9.17) is 0 Å². The van der Waals surface area contributed by atoms with Gasteiger partial charge in [-0.1, -0.05) is 12.1 Å². The molecule has 5 heteroatoms. The van der Waals surface area contributed by atoms with Gasteiger partial charge in [-0.05, 0) is 64.9 Å². The lowest BCUT2D eigenvalue weighted by Gasteiger charge is -2.28. The molecule has 2 amide bonds. The lowest BCUT2D eigenvalue weighted by molar-refractivity contribution is -0.117. The lowest BCUT2D eigenvalue weighted by atomic mass is 9.93. The second-order valence-corrected chi connectivity index (χ2v) is 6.52. The van der Waals surface area contributed by atoms with Crippen molar-refractivity contribution in [2.24, 2.45) is 5.92 Å². The number of amides is 2. The Kier molecular flexibility index (Phi) is 6.79. The highest BCUT2D eigenvalue weighted by Gasteiger charge is 2.21. The van der Waals surface area contributed by atoms with Crippen molar-refractivity contribution in [1.29, 1.82) is 0 Å². The Morgan fingerprint density at radius 2 is 1.79 bits per heavy atom. The number of rotatable bonds is 6. The largest absolute Gasteiger partial charge is 0.339 e. The Hall–Kier alpha value is -1.88. The maximum Gasteiger partial charge on any atom is 0.255 e. The second-order valence-electron chi connectivity index (χ2n) is 6.52. The predicted octanol–water partition coefficient (Wildman–Crippen LogP) is 2.84. The monoisotopic (exact) mass is 331 g/mol. The number of piperidine rings is 1. The average Bonchev–Trinajstić information content (AvgIpc) is 2.58. The lowest BCUT2D eigenvalue weighted by Crippen LogP contribution is -2.33. The topological polar surface area (TPSA) is 52.7 Å². The molecule has 24 heavy (non-hydrogen) atoms. The number of hydrogen-bond donors (Lipinski definition) is 1. The molecule has 0 spiro atoms. The van der Waals surface area contributed by atoms with Gasteiger partial charge in [-0.3, -0.25) is 9.59 Å². The zero-order valence-electron chi connectivity index (χ0n) is 15.0. The van der Waals surface area contributed by atoms with Gasteiger partial charge in [0.15, 0.2) is 0 Å². The summed E-state index contributed by atoms with van der Waals surface area (Å²) in [7, 11) is 2.12. The molecule has 0 aromatic heterocycles. The Balaban J connectivity index is 2.01. The van der Waals surface area contributed by atoms with E-state index in [0.717, 1.165) is 25.9 Å². The Morgan fingerprint density at radius 3 is 2.42 bits per heavy atom. The van der Waals surface area contributed by atoms with Gasteiger partial charge in [0.05, 0.1) is 11.3 Å². The van der Waals surface area contributed by atoms with Crippen LogP contribution >= 0.6 is 0 Å². The molecular weight excluding hydrogens is 302 g/mol. The zero-order valence-corrected chi connectivity index (χ0v) is 15.0. The van der Waals surface area contributed by atoms with Crippen molar-refractivity contribution in [3.05, 3.63) is 29.8 Å². The third-order valence-corrected chi connectivity index (χ3v) is 4.79. The number of likely N-dealkylation sites (tertiary alicyclic amines) is 1. The molecule has 0 radical (unpaired) electrons. The van der Waals surface area contributed by atoms with Crippen molar-refractivity contribution in [3.63, 3.8) is 0 Å². The van der Waals surface area contributed by atoms with Gasteiger partial charge in [0.1, 0.15) is 0 Å². The van der Waals surface area contributed by atoms with E-state index in [-0.39, 0.29) is 11.8 Å². The summed E-state index contributed by atoms with van der Waals surface area (Å²) in [6.07, 6.45) is 2.65. The van der Waals surface area contributed by atoms with Gasteiger partial charge >= 0.3 is 0 Å². The number of carbonyl (C=O) groups is 2. The maximum absolute atomic E-state index is 12.6. The summed E-state index contributed by atoms with van der Waals surface area (Å²) < 4.78 is 0. The summed E-state index contributed by atoms with van der Waals surface area (Å²) in [5.41, 5.74) is 1.19. The number of hydrogen-bond acceptors (Lipinski definition) is 3. The number of carbonyl (C=O) groups excluding carboxylic acids is 2. The molecule has 0 aliphatic carbocycles. The summed E-state index contributed by atoms with van der Waals surface area (Å²) >= 11 is 0. The zero-order chi connectivity index (χ0) is 17.5. The van der Waals surface area contributed by atoms with Gasteiger partial charge < -0.3 is 15.1 Å². The van der Waals surface area contributed by atoms with Gasteiger partial charge in [0.25, 0.3) is 5.91 Å². The van der Waals surface area contributed by atoms with Crippen LogP contribution in [0.1, 0.15) is 43.5 Å². The van der Waals surface area contributed by atoms with Gasteiger partial charge in [-0.25, -0.2) is 0 Å². The SMILES string of the molecule is CCN(CC)C(=O)c1ccccc1NC(=O)CC1CCN(C)CC1. The number of nitrogens with one attached hydrogen (secondary N) is 1. The molecule has 0 saturated carbocycles. The number of nitrogens with zero attached hydrogens (tertiary/aromatic N) is 2. The molecule has 132 valence electrons. The third kappa shape index (κ3) is 4.81. The van der Waals surface area contributed by atoms with Gasteiger partial charge in [-0.15, -0.1) is 0 Å². The molecule has 1 fully saturated rings. The molecule has 1 aromatic rings. The maximum atomic E-state index is 12.6. The normalized spacial score (nSPS) is 16.0. The van der Waals surface area contributed by atoms with Crippen molar-refractivity contribution in [3.8, 4) is 0 Å². The van der Waals surface area contributed by atoms with E-state index in [9.17, 15) is 9.59 Å². The van der Waals surface area contributed by atoms with Gasteiger partial charge in [0, 0.05) is 19.5 Å². The van der Waals surface area contributed by atoms with Crippen LogP contribution in [0.3, 0.4) is 0 Å². The van der Waals surface area contributed by atoms with Crippen LogP contribution in [-0.4, -0.2) is 54.8 Å². The molecule has 1 aliphatic rings. The summed E-state index contributed by atoms with van der Waals surface area (Å²) in [5, 5.41) is 2.95. The van der Waals surface area contributed by atoms with E-state index in [2.05, 4.69) is 17.3 Å². The minimum atomic E-state index is -0.0322. The number of benzene rings is 1. The van der Waals surface area contributed by atoms with E-state index < -0.39 is 0 Å². The molecule has 1 heterocycles. The minimum Gasteiger partial charge on any atom is -0.339 e. The van der Waals surface area contributed by atoms with E-state index in [1.54, 1.807) is 11.0 Å². The standard InChI is InChI=1S/C19H29N3O2/c1-4-22(5-2)19(24)16-8-6-7-9-17(16)20-18(23)14-15-10-12-21(3)13-11-15/h6-9,15H,4-5,10-14H2,1-3H3,(H,20,23). The first-order valence-corrected chi connectivity index (χ1v) is 8.91. The summed E-state index contributed by atoms with van der Waals surface area (Å²) in [6.45, 7) is 7.34. The van der Waals surface area contributed by atoms with Crippen LogP contribution in [0.15, 0.2) is 24.3 Å². The summed E-state index contributed by atoms with van der Waals surface area (Å²) in [6, 6.07) is 7.28. The highest BCUT2D eigenvalue weighted by molar-refractivity contribution is 6.03. The first-order valence-electron chi connectivity index (χ1n) is 8.91. The highest BCUT2D eigenvalue weighted by atomic mass is 16.2. The van der Waals surface area contributed by atoms with Crippen LogP contribution in [0, 0.1) is 5.92 Å². The van der Waals surface area contributed by atoms with E-state index in [1.165, 1.54) is 0 Å². The highest BCUT2D eigenvalue weighted by Crippen LogP contribution is 2.22. The molecule has 1 N–H and O–H groups in total. The third-order valence-electron chi connectivity index (χ3n) is 4.79. The van der Waals surface area contributed by atoms with Crippen molar-refractivity contribution in [2.75, 3.05) is 38.5 Å². The summed E-state index contributed by atoms with van der Waals surface area (Å²) in [5.74, 6) is 0.409. The van der Waals surface area contributed by atoms with E-state index in [1.807, 2.05) is 32.0 Å². The Morgan fingerprint density at radius 1 is 1.17 bits per heavy atom. The molecule has 2 rings (SSSR count). The predicted molar refractivity (Wildman–Crippen MR) is 97.2 cm³/mol. The fraction of sp³-hybridized carbons (Fsp3) is 0.579. The molecule has 1 aromatic carbocycles. The quantitative estimate of drug-likeness (QED) is 0.872. The first kappa shape index (κ1) is 18.5. The summed E-state index contributed by atoms with van der Waals surface area (Å²) in [4.78, 5) is 29.1. The van der Waals surface area contributed by atoms with E-state index >= 15 is 0 Å². The molecule has 0 unspecified atom stereocenters. The molecule has 5 nitrogen and oxygen atoms in total. The van der Waals surface area contributed by atoms with Crippen molar-refractivity contribution in [2.45, 2.75) is 33.1 Å². The van der Waals surface area contributed by atoms with E-state index in [0.29, 0.717) is 36.7 Å².